The summed E-state index contributed by atoms with van der Waals surface area (Å²) in [5.41, 5.74) is 0. The van der Waals surface area contributed by atoms with Gasteiger partial charge in [0.2, 0.25) is 0 Å². The maximum atomic E-state index is 5.61. The van der Waals surface area contributed by atoms with Crippen LogP contribution in [0.2, 0.25) is 0 Å². The lowest BCUT2D eigenvalue weighted by Gasteiger charge is -2.09. The van der Waals surface area contributed by atoms with E-state index < -0.39 is 0 Å². The van der Waals surface area contributed by atoms with Gasteiger partial charge < -0.3 is 4.74 Å². The van der Waals surface area contributed by atoms with Crippen molar-refractivity contribution in [3.8, 4) is 5.75 Å². The first-order valence-corrected chi connectivity index (χ1v) is 5.20. The Morgan fingerprint density at radius 1 is 1.13 bits per heavy atom. The molecule has 0 aliphatic heterocycles. The summed E-state index contributed by atoms with van der Waals surface area (Å²) in [6.07, 6.45) is 0. The van der Waals surface area contributed by atoms with E-state index in [0.29, 0.717) is 12.5 Å². The molecule has 15 heavy (non-hydrogen) atoms. The van der Waals surface area contributed by atoms with E-state index in [4.69, 9.17) is 4.74 Å². The van der Waals surface area contributed by atoms with Crippen molar-refractivity contribution >= 4 is 10.8 Å². The van der Waals surface area contributed by atoms with Gasteiger partial charge in [0.1, 0.15) is 5.75 Å². The molecule has 0 saturated carbocycles. The van der Waals surface area contributed by atoms with Crippen LogP contribution in [0.3, 0.4) is 0 Å². The lowest BCUT2D eigenvalue weighted by molar-refractivity contribution is 0.284. The molecule has 0 aromatic heterocycles. The molecule has 1 radical (unpaired) electrons. The molecule has 0 N–H and O–H groups in total. The zero-order valence-corrected chi connectivity index (χ0v) is 8.94. The number of hydrogen-bond acceptors (Lipinski definition) is 1. The van der Waals surface area contributed by atoms with Crippen molar-refractivity contribution in [2.45, 2.75) is 6.92 Å². The van der Waals surface area contributed by atoms with Gasteiger partial charge in [0.05, 0.1) is 6.61 Å². The lowest BCUT2D eigenvalue weighted by atomic mass is 10.1. The molecule has 2 rings (SSSR count). The van der Waals surface area contributed by atoms with Crippen molar-refractivity contribution in [2.75, 3.05) is 6.61 Å². The van der Waals surface area contributed by atoms with Gasteiger partial charge in [0, 0.05) is 0 Å². The van der Waals surface area contributed by atoms with Crippen LogP contribution in [0.4, 0.5) is 0 Å². The van der Waals surface area contributed by atoms with Gasteiger partial charge in [-0.15, -0.1) is 0 Å². The standard InChI is InChI=1S/C14H15O/c1-11(2)10-15-14-8-7-12-5-3-4-6-13(12)9-14/h3-9,11H,1,10H2,2H3. The Morgan fingerprint density at radius 2 is 1.87 bits per heavy atom. The highest BCUT2D eigenvalue weighted by Crippen LogP contribution is 2.20. The molecule has 0 heterocycles. The van der Waals surface area contributed by atoms with Gasteiger partial charge >= 0.3 is 0 Å². The van der Waals surface area contributed by atoms with Crippen LogP contribution in [0.1, 0.15) is 6.92 Å². The number of rotatable bonds is 3. The molecule has 1 unspecified atom stereocenters. The van der Waals surface area contributed by atoms with Gasteiger partial charge in [-0.3, -0.25) is 0 Å². The monoisotopic (exact) mass is 199 g/mol. The van der Waals surface area contributed by atoms with Gasteiger partial charge in [-0.25, -0.2) is 0 Å². The van der Waals surface area contributed by atoms with E-state index >= 15 is 0 Å². The Bertz CT molecular complexity index is 446. The van der Waals surface area contributed by atoms with E-state index in [1.165, 1.54) is 10.8 Å². The second-order valence-corrected chi connectivity index (χ2v) is 3.93. The molecule has 0 fully saturated rings. The fourth-order valence-electron chi connectivity index (χ4n) is 1.50. The SMILES string of the molecule is [CH2]C(C)COc1ccc2ccccc2c1. The summed E-state index contributed by atoms with van der Waals surface area (Å²) in [5.74, 6) is 1.24. The third-order valence-corrected chi connectivity index (χ3v) is 2.26. The minimum Gasteiger partial charge on any atom is -0.493 e. The minimum absolute atomic E-state index is 0.316. The Morgan fingerprint density at radius 3 is 2.60 bits per heavy atom. The molecule has 0 saturated heterocycles. The number of benzene rings is 2. The topological polar surface area (TPSA) is 9.23 Å². The molecular weight excluding hydrogens is 184 g/mol. The first kappa shape index (κ1) is 10.0. The second-order valence-electron chi connectivity index (χ2n) is 3.93. The van der Waals surface area contributed by atoms with Crippen LogP contribution in [-0.2, 0) is 0 Å². The zero-order chi connectivity index (χ0) is 10.7. The summed E-state index contributed by atoms with van der Waals surface area (Å²) in [6.45, 7) is 6.60. The van der Waals surface area contributed by atoms with Gasteiger partial charge in [0.25, 0.3) is 0 Å². The van der Waals surface area contributed by atoms with E-state index in [9.17, 15) is 0 Å². The normalized spacial score (nSPS) is 10.9. The third kappa shape index (κ3) is 2.50. The number of hydrogen-bond donors (Lipinski definition) is 0. The summed E-state index contributed by atoms with van der Waals surface area (Å²) in [4.78, 5) is 0. The summed E-state index contributed by atoms with van der Waals surface area (Å²) < 4.78 is 5.61. The molecule has 2 aromatic carbocycles. The second kappa shape index (κ2) is 4.35. The van der Waals surface area contributed by atoms with Crippen LogP contribution in [0, 0.1) is 12.8 Å². The van der Waals surface area contributed by atoms with E-state index in [1.807, 2.05) is 25.1 Å². The van der Waals surface area contributed by atoms with Crippen LogP contribution < -0.4 is 4.74 Å². The van der Waals surface area contributed by atoms with E-state index in [2.05, 4.69) is 31.2 Å². The Labute approximate surface area is 90.7 Å². The van der Waals surface area contributed by atoms with Crippen molar-refractivity contribution in [1.82, 2.24) is 0 Å². The first-order chi connectivity index (χ1) is 7.25. The smallest absolute Gasteiger partial charge is 0.119 e. The van der Waals surface area contributed by atoms with Gasteiger partial charge in [-0.2, -0.15) is 0 Å². The number of fused-ring (bicyclic) bond motifs is 1. The van der Waals surface area contributed by atoms with Crippen LogP contribution in [-0.4, -0.2) is 6.61 Å². The van der Waals surface area contributed by atoms with Crippen molar-refractivity contribution in [2.24, 2.45) is 5.92 Å². The summed E-state index contributed by atoms with van der Waals surface area (Å²) in [6, 6.07) is 14.4. The Hall–Kier alpha value is -1.50. The van der Waals surface area contributed by atoms with Crippen LogP contribution in [0.15, 0.2) is 42.5 Å². The summed E-state index contributed by atoms with van der Waals surface area (Å²) >= 11 is 0. The molecule has 0 spiro atoms. The molecule has 0 amide bonds. The quantitative estimate of drug-likeness (QED) is 0.732. The average molecular weight is 199 g/mol. The predicted molar refractivity (Wildman–Crippen MR) is 64.0 cm³/mol. The van der Waals surface area contributed by atoms with Crippen LogP contribution in [0.5, 0.6) is 5.75 Å². The molecule has 77 valence electrons. The highest BCUT2D eigenvalue weighted by Gasteiger charge is 1.98. The van der Waals surface area contributed by atoms with Gasteiger partial charge in [-0.1, -0.05) is 37.3 Å². The first-order valence-electron chi connectivity index (χ1n) is 5.20. The molecule has 1 atom stereocenters. The molecule has 0 bridgehead atoms. The fraction of sp³-hybridized carbons (Fsp3) is 0.214. The summed E-state index contributed by atoms with van der Waals surface area (Å²) in [5, 5.41) is 2.46. The van der Waals surface area contributed by atoms with Crippen molar-refractivity contribution < 1.29 is 4.74 Å². The Balaban J connectivity index is 2.23. The highest BCUT2D eigenvalue weighted by atomic mass is 16.5. The van der Waals surface area contributed by atoms with E-state index in [0.717, 1.165) is 5.75 Å². The largest absolute Gasteiger partial charge is 0.493 e. The van der Waals surface area contributed by atoms with Gasteiger partial charge in [0.15, 0.2) is 0 Å². The van der Waals surface area contributed by atoms with Crippen molar-refractivity contribution in [3.63, 3.8) is 0 Å². The predicted octanol–water partition coefficient (Wildman–Crippen LogP) is 3.69. The molecule has 2 aromatic rings. The molecule has 1 heteroatoms. The molecular formula is C14H15O. The highest BCUT2D eigenvalue weighted by molar-refractivity contribution is 5.83. The maximum absolute atomic E-state index is 5.61. The van der Waals surface area contributed by atoms with Crippen molar-refractivity contribution in [3.05, 3.63) is 49.4 Å². The maximum Gasteiger partial charge on any atom is 0.119 e. The molecule has 0 aliphatic rings. The van der Waals surface area contributed by atoms with E-state index in [-0.39, 0.29) is 0 Å². The van der Waals surface area contributed by atoms with E-state index in [1.54, 1.807) is 0 Å². The summed E-state index contributed by atoms with van der Waals surface area (Å²) in [7, 11) is 0. The molecule has 0 aliphatic carbocycles. The Kier molecular flexibility index (Phi) is 2.91. The molecule has 1 nitrogen and oxygen atoms in total. The minimum atomic E-state index is 0.316. The number of ether oxygens (including phenoxy) is 1. The fourth-order valence-corrected chi connectivity index (χ4v) is 1.50. The third-order valence-electron chi connectivity index (χ3n) is 2.26. The lowest BCUT2D eigenvalue weighted by Crippen LogP contribution is -2.04. The van der Waals surface area contributed by atoms with Crippen LogP contribution >= 0.6 is 0 Å². The van der Waals surface area contributed by atoms with Crippen LogP contribution in [0.25, 0.3) is 10.8 Å². The van der Waals surface area contributed by atoms with Crippen molar-refractivity contribution in [1.29, 1.82) is 0 Å². The van der Waals surface area contributed by atoms with Gasteiger partial charge in [-0.05, 0) is 35.7 Å². The zero-order valence-electron chi connectivity index (χ0n) is 8.94. The average Bonchev–Trinajstić information content (AvgIpc) is 2.26.